The van der Waals surface area contributed by atoms with Crippen molar-refractivity contribution in [1.29, 1.82) is 0 Å². The Hall–Kier alpha value is -4.64. The average Bonchev–Trinajstić information content (AvgIpc) is 3.49. The first kappa shape index (κ1) is 28.1. The summed E-state index contributed by atoms with van der Waals surface area (Å²) in [5, 5.41) is 10.7. The van der Waals surface area contributed by atoms with Crippen molar-refractivity contribution in [2.45, 2.75) is 44.1 Å². The van der Waals surface area contributed by atoms with Gasteiger partial charge in [0.25, 0.3) is 0 Å². The van der Waals surface area contributed by atoms with Gasteiger partial charge in [-0.15, -0.1) is 0 Å². The van der Waals surface area contributed by atoms with Crippen molar-refractivity contribution in [3.63, 3.8) is 0 Å². The van der Waals surface area contributed by atoms with Crippen molar-refractivity contribution in [3.05, 3.63) is 64.9 Å². The third-order valence-electron chi connectivity index (χ3n) is 8.98. The number of hydrogen-bond donors (Lipinski definition) is 3. The summed E-state index contributed by atoms with van der Waals surface area (Å²) in [7, 11) is 3.78. The van der Waals surface area contributed by atoms with Gasteiger partial charge in [-0.25, -0.2) is 4.98 Å². The largest absolute Gasteiger partial charge is 0.371 e. The number of carbonyl (C=O) groups excluding carboxylic acids is 3. The number of amides is 3. The van der Waals surface area contributed by atoms with Crippen LogP contribution in [0.5, 0.6) is 0 Å². The van der Waals surface area contributed by atoms with Crippen molar-refractivity contribution in [2.24, 2.45) is 7.05 Å². The van der Waals surface area contributed by atoms with E-state index in [-0.39, 0.29) is 29.7 Å². The number of nitrogens with zero attached hydrogens (tertiary/aromatic N) is 5. The van der Waals surface area contributed by atoms with Gasteiger partial charge in [0.05, 0.1) is 24.1 Å². The summed E-state index contributed by atoms with van der Waals surface area (Å²) in [6, 6.07) is 12.4. The van der Waals surface area contributed by atoms with E-state index in [9.17, 15) is 14.4 Å². The number of anilines is 5. The van der Waals surface area contributed by atoms with Gasteiger partial charge in [0, 0.05) is 68.3 Å². The summed E-state index contributed by atoms with van der Waals surface area (Å²) < 4.78 is 2.07. The van der Waals surface area contributed by atoms with E-state index in [0.29, 0.717) is 36.1 Å². The highest BCUT2D eigenvalue weighted by molar-refractivity contribution is 6.32. The molecule has 226 valence electrons. The molecule has 11 nitrogen and oxygen atoms in total. The lowest BCUT2D eigenvalue weighted by atomic mass is 9.90. The molecule has 2 fully saturated rings. The van der Waals surface area contributed by atoms with Crippen LogP contribution in [0.25, 0.3) is 10.9 Å². The van der Waals surface area contributed by atoms with Gasteiger partial charge in [0.2, 0.25) is 23.7 Å². The van der Waals surface area contributed by atoms with Gasteiger partial charge >= 0.3 is 0 Å². The topological polar surface area (TPSA) is 124 Å². The van der Waals surface area contributed by atoms with Gasteiger partial charge in [0.1, 0.15) is 5.02 Å². The first-order valence-corrected chi connectivity index (χ1v) is 15.2. The Labute approximate surface area is 259 Å². The second kappa shape index (κ2) is 11.1. The van der Waals surface area contributed by atoms with Crippen molar-refractivity contribution in [2.75, 3.05) is 40.6 Å². The predicted octanol–water partition coefficient (Wildman–Crippen LogP) is 4.49. The molecule has 2 saturated heterocycles. The second-order valence-electron chi connectivity index (χ2n) is 11.8. The molecule has 2 aromatic carbocycles. The maximum Gasteiger partial charge on any atom is 0.234 e. The van der Waals surface area contributed by atoms with Crippen molar-refractivity contribution >= 4 is 69.1 Å². The first-order chi connectivity index (χ1) is 21.2. The molecule has 3 N–H and O–H groups in total. The molecule has 2 aromatic heterocycles. The number of fused-ring (bicyclic) bond motifs is 2. The van der Waals surface area contributed by atoms with E-state index in [1.165, 1.54) is 0 Å². The lowest BCUT2D eigenvalue weighted by Gasteiger charge is -2.34. The average molecular weight is 613 g/mol. The summed E-state index contributed by atoms with van der Waals surface area (Å²) in [6.07, 6.45) is 6.72. The quantitative estimate of drug-likeness (QED) is 0.272. The van der Waals surface area contributed by atoms with Gasteiger partial charge in [0.15, 0.2) is 5.82 Å². The number of rotatable bonds is 6. The molecule has 1 unspecified atom stereocenters. The monoisotopic (exact) mass is 612 g/mol. The van der Waals surface area contributed by atoms with E-state index in [4.69, 9.17) is 11.6 Å². The van der Waals surface area contributed by atoms with Gasteiger partial charge in [-0.3, -0.25) is 19.7 Å². The fourth-order valence-electron chi connectivity index (χ4n) is 6.54. The zero-order chi connectivity index (χ0) is 30.5. The van der Waals surface area contributed by atoms with E-state index in [0.717, 1.165) is 65.0 Å². The Morgan fingerprint density at radius 1 is 1.02 bits per heavy atom. The minimum absolute atomic E-state index is 0.0780. The molecule has 0 bridgehead atoms. The van der Waals surface area contributed by atoms with Crippen LogP contribution in [0.15, 0.2) is 48.8 Å². The minimum atomic E-state index is -0.309. The van der Waals surface area contributed by atoms with E-state index in [1.807, 2.05) is 31.4 Å². The number of piperidine rings is 2. The van der Waals surface area contributed by atoms with Crippen molar-refractivity contribution in [3.8, 4) is 0 Å². The first-order valence-electron chi connectivity index (χ1n) is 14.9. The molecule has 3 amide bonds. The highest BCUT2D eigenvalue weighted by Gasteiger charge is 2.31. The van der Waals surface area contributed by atoms with Crippen molar-refractivity contribution < 1.29 is 14.4 Å². The molecule has 44 heavy (non-hydrogen) atoms. The lowest BCUT2D eigenvalue weighted by Crippen LogP contribution is -2.39. The SMILES string of the molecule is CN1C(=O)Cc2cc(Nc3nc(NC4CCN(c5ccc6c(C7CCC(=O)NC7=O)cn(C)c6c5)CC4)ncc3Cl)ccc21. The van der Waals surface area contributed by atoms with Crippen LogP contribution in [0.1, 0.15) is 42.7 Å². The van der Waals surface area contributed by atoms with E-state index in [2.05, 4.69) is 53.6 Å². The fourth-order valence-corrected chi connectivity index (χ4v) is 6.68. The number of benzene rings is 2. The number of aromatic nitrogens is 3. The second-order valence-corrected chi connectivity index (χ2v) is 12.2. The number of imide groups is 1. The number of likely N-dealkylation sites (N-methyl/N-ethyl adjacent to an activating group) is 1. The van der Waals surface area contributed by atoms with Crippen LogP contribution < -0.4 is 25.8 Å². The van der Waals surface area contributed by atoms with Crippen LogP contribution in [0.3, 0.4) is 0 Å². The summed E-state index contributed by atoms with van der Waals surface area (Å²) in [5.41, 5.74) is 5.88. The number of hydrogen-bond acceptors (Lipinski definition) is 8. The smallest absolute Gasteiger partial charge is 0.234 e. The Morgan fingerprint density at radius 2 is 1.84 bits per heavy atom. The molecular formula is C32H33ClN8O3. The maximum absolute atomic E-state index is 12.5. The van der Waals surface area contributed by atoms with E-state index >= 15 is 0 Å². The molecule has 7 rings (SSSR count). The van der Waals surface area contributed by atoms with E-state index in [1.54, 1.807) is 18.1 Å². The van der Waals surface area contributed by atoms with Gasteiger partial charge in [-0.05, 0) is 60.7 Å². The third kappa shape index (κ3) is 5.21. The van der Waals surface area contributed by atoms with Crippen LogP contribution in [0.4, 0.5) is 28.8 Å². The number of nitrogens with one attached hydrogen (secondary N) is 3. The number of halogens is 1. The van der Waals surface area contributed by atoms with Gasteiger partial charge < -0.3 is 25.0 Å². The van der Waals surface area contributed by atoms with Crippen LogP contribution in [0.2, 0.25) is 5.02 Å². The number of carbonyl (C=O) groups is 3. The molecule has 1 atom stereocenters. The zero-order valence-electron chi connectivity index (χ0n) is 24.6. The molecule has 5 heterocycles. The Morgan fingerprint density at radius 3 is 2.64 bits per heavy atom. The Balaban J connectivity index is 0.998. The van der Waals surface area contributed by atoms with Crippen molar-refractivity contribution in [1.82, 2.24) is 19.9 Å². The zero-order valence-corrected chi connectivity index (χ0v) is 25.3. The molecule has 12 heteroatoms. The van der Waals surface area contributed by atoms with Crippen LogP contribution in [-0.4, -0.2) is 58.4 Å². The summed E-state index contributed by atoms with van der Waals surface area (Å²) in [5.74, 6) is 0.373. The molecule has 3 aliphatic heterocycles. The lowest BCUT2D eigenvalue weighted by molar-refractivity contribution is -0.134. The highest BCUT2D eigenvalue weighted by Crippen LogP contribution is 2.35. The summed E-state index contributed by atoms with van der Waals surface area (Å²) >= 11 is 6.43. The highest BCUT2D eigenvalue weighted by atomic mass is 35.5. The predicted molar refractivity (Wildman–Crippen MR) is 171 cm³/mol. The normalized spacial score (nSPS) is 19.0. The maximum atomic E-state index is 12.5. The van der Waals surface area contributed by atoms with Gasteiger partial charge in [-0.2, -0.15) is 4.98 Å². The molecular weight excluding hydrogens is 580 g/mol. The fraction of sp³-hybridized carbons (Fsp3) is 0.344. The molecule has 0 aliphatic carbocycles. The molecule has 0 saturated carbocycles. The molecule has 3 aliphatic rings. The summed E-state index contributed by atoms with van der Waals surface area (Å²) in [4.78, 5) is 49.3. The Bertz CT molecular complexity index is 1810. The molecule has 0 radical (unpaired) electrons. The van der Waals surface area contributed by atoms with E-state index < -0.39 is 0 Å². The molecule has 4 aromatic rings. The van der Waals surface area contributed by atoms with Crippen LogP contribution >= 0.6 is 11.6 Å². The minimum Gasteiger partial charge on any atom is -0.371 e. The summed E-state index contributed by atoms with van der Waals surface area (Å²) in [6.45, 7) is 1.74. The van der Waals surface area contributed by atoms with Gasteiger partial charge in [-0.1, -0.05) is 17.7 Å². The van der Waals surface area contributed by atoms with Crippen LogP contribution in [0, 0.1) is 0 Å². The third-order valence-corrected chi connectivity index (χ3v) is 9.25. The van der Waals surface area contributed by atoms with Crippen LogP contribution in [-0.2, 0) is 27.9 Å². The molecule has 0 spiro atoms. The Kier molecular flexibility index (Phi) is 7.12. The number of aryl methyl sites for hydroxylation is 1. The standard InChI is InChI=1S/C32H33ClN8O3/c1-39-17-24(23-6-8-28(42)37-31(23)44)22-5-4-21(15-27(22)39)41-11-9-19(10-12-41)36-32-34-16-25(33)30(38-32)35-20-3-7-26-18(13-20)14-29(43)40(26)2/h3-5,7,13,15-17,19,23H,6,8-12,14H2,1-2H3,(H,37,42,44)(H2,34,35,36,38).